The normalized spacial score (nSPS) is 10.4. The summed E-state index contributed by atoms with van der Waals surface area (Å²) in [5.41, 5.74) is 0.404. The van der Waals surface area contributed by atoms with Crippen molar-refractivity contribution in [2.45, 2.75) is 33.6 Å². The lowest BCUT2D eigenvalue weighted by Crippen LogP contribution is -2.19. The first-order valence-corrected chi connectivity index (χ1v) is 6.10. The molecule has 0 atom stereocenters. The molecule has 0 radical (unpaired) electrons. The summed E-state index contributed by atoms with van der Waals surface area (Å²) in [5.74, 6) is -1.63. The van der Waals surface area contributed by atoms with Gasteiger partial charge in [-0.05, 0) is 19.8 Å². The number of nitrogens with zero attached hydrogens (tertiary/aromatic N) is 3. The van der Waals surface area contributed by atoms with Crippen LogP contribution in [0.5, 0.6) is 0 Å². The maximum absolute atomic E-state index is 11.8. The zero-order valence-electron chi connectivity index (χ0n) is 11.5. The Hall–Kier alpha value is -2.05. The van der Waals surface area contributed by atoms with Gasteiger partial charge in [-0.1, -0.05) is 13.8 Å². The molecule has 0 aromatic carbocycles. The number of ether oxygens (including phenoxy) is 2. The fraction of sp³-hybridized carbons (Fsp3) is 0.583. The highest BCUT2D eigenvalue weighted by Crippen LogP contribution is 2.15. The predicted octanol–water partition coefficient (Wildman–Crippen LogP) is 1.35. The first-order valence-electron chi connectivity index (χ1n) is 6.10. The highest BCUT2D eigenvalue weighted by atomic mass is 16.5. The summed E-state index contributed by atoms with van der Waals surface area (Å²) >= 11 is 0. The smallest absolute Gasteiger partial charge is 0.378 e. The van der Waals surface area contributed by atoms with Crippen LogP contribution in [-0.4, -0.2) is 40.3 Å². The highest BCUT2D eigenvalue weighted by molar-refractivity contribution is 5.91. The number of aromatic nitrogens is 3. The molecule has 1 heterocycles. The van der Waals surface area contributed by atoms with E-state index in [0.29, 0.717) is 5.69 Å². The van der Waals surface area contributed by atoms with Gasteiger partial charge in [-0.3, -0.25) is 0 Å². The Balaban J connectivity index is 3.18. The van der Waals surface area contributed by atoms with Crippen molar-refractivity contribution in [3.63, 3.8) is 0 Å². The third kappa shape index (κ3) is 3.70. The van der Waals surface area contributed by atoms with Crippen LogP contribution in [0.25, 0.3) is 0 Å². The molecule has 0 aliphatic rings. The lowest BCUT2D eigenvalue weighted by molar-refractivity contribution is 0.0501. The number of hydrogen-bond acceptors (Lipinski definition) is 7. The Morgan fingerprint density at radius 2 is 1.63 bits per heavy atom. The maximum atomic E-state index is 11.8. The van der Waals surface area contributed by atoms with Crippen molar-refractivity contribution in [1.29, 1.82) is 0 Å². The van der Waals surface area contributed by atoms with Gasteiger partial charge < -0.3 is 9.47 Å². The average molecular weight is 267 g/mol. The zero-order valence-corrected chi connectivity index (χ0v) is 11.5. The van der Waals surface area contributed by atoms with Crippen LogP contribution in [0, 0.1) is 0 Å². The molecule has 1 aromatic heterocycles. The van der Waals surface area contributed by atoms with Gasteiger partial charge in [-0.25, -0.2) is 14.6 Å². The van der Waals surface area contributed by atoms with Crippen LogP contribution in [0.1, 0.15) is 60.4 Å². The number of rotatable bonds is 5. The highest BCUT2D eigenvalue weighted by Gasteiger charge is 2.23. The second kappa shape index (κ2) is 6.77. The molecule has 0 spiro atoms. The SMILES string of the molecule is CCOC(=O)c1nnc(C(C)C)c(C(=O)OCC)n1. The van der Waals surface area contributed by atoms with Crippen LogP contribution in [-0.2, 0) is 9.47 Å². The van der Waals surface area contributed by atoms with E-state index in [-0.39, 0.29) is 30.7 Å². The summed E-state index contributed by atoms with van der Waals surface area (Å²) in [7, 11) is 0. The number of esters is 2. The largest absolute Gasteiger partial charge is 0.461 e. The van der Waals surface area contributed by atoms with Gasteiger partial charge in [-0.15, -0.1) is 5.10 Å². The molecule has 0 saturated heterocycles. The Kier molecular flexibility index (Phi) is 5.35. The second-order valence-electron chi connectivity index (χ2n) is 3.96. The maximum Gasteiger partial charge on any atom is 0.378 e. The van der Waals surface area contributed by atoms with E-state index in [4.69, 9.17) is 9.47 Å². The van der Waals surface area contributed by atoms with E-state index in [9.17, 15) is 9.59 Å². The Bertz CT molecular complexity index is 474. The summed E-state index contributed by atoms with van der Waals surface area (Å²) < 4.78 is 9.66. The van der Waals surface area contributed by atoms with E-state index in [0.717, 1.165) is 0 Å². The zero-order chi connectivity index (χ0) is 14.4. The van der Waals surface area contributed by atoms with Crippen LogP contribution in [0.4, 0.5) is 0 Å². The molecule has 1 rings (SSSR count). The van der Waals surface area contributed by atoms with Crippen molar-refractivity contribution < 1.29 is 19.1 Å². The van der Waals surface area contributed by atoms with Gasteiger partial charge in [0.1, 0.15) is 0 Å². The third-order valence-electron chi connectivity index (χ3n) is 2.19. The molecule has 0 aliphatic heterocycles. The van der Waals surface area contributed by atoms with Crippen LogP contribution in [0.15, 0.2) is 0 Å². The third-order valence-corrected chi connectivity index (χ3v) is 2.19. The molecular weight excluding hydrogens is 250 g/mol. The number of carbonyl (C=O) groups is 2. The Labute approximate surface area is 111 Å². The molecule has 104 valence electrons. The van der Waals surface area contributed by atoms with Gasteiger partial charge in [0.25, 0.3) is 5.82 Å². The van der Waals surface area contributed by atoms with Crippen LogP contribution in [0.2, 0.25) is 0 Å². The fourth-order valence-electron chi connectivity index (χ4n) is 1.35. The summed E-state index contributed by atoms with van der Waals surface area (Å²) in [6, 6.07) is 0. The van der Waals surface area contributed by atoms with Gasteiger partial charge in [0.15, 0.2) is 5.69 Å². The van der Waals surface area contributed by atoms with E-state index in [2.05, 4.69) is 15.2 Å². The Morgan fingerprint density at radius 1 is 1.05 bits per heavy atom. The molecule has 0 aliphatic carbocycles. The van der Waals surface area contributed by atoms with Gasteiger partial charge in [0, 0.05) is 0 Å². The fourth-order valence-corrected chi connectivity index (χ4v) is 1.35. The van der Waals surface area contributed by atoms with E-state index in [1.807, 2.05) is 13.8 Å². The number of hydrogen-bond donors (Lipinski definition) is 0. The molecule has 7 nitrogen and oxygen atoms in total. The molecule has 0 fully saturated rings. The molecule has 0 unspecified atom stereocenters. The van der Waals surface area contributed by atoms with Gasteiger partial charge in [0.2, 0.25) is 0 Å². The van der Waals surface area contributed by atoms with Crippen molar-refractivity contribution in [2.24, 2.45) is 0 Å². The molecule has 0 amide bonds. The summed E-state index contributed by atoms with van der Waals surface area (Å²) in [4.78, 5) is 27.2. The van der Waals surface area contributed by atoms with Crippen molar-refractivity contribution in [3.8, 4) is 0 Å². The minimum atomic E-state index is -0.712. The minimum Gasteiger partial charge on any atom is -0.461 e. The summed E-state index contributed by atoms with van der Waals surface area (Å²) in [6.07, 6.45) is 0. The van der Waals surface area contributed by atoms with Crippen LogP contribution in [0.3, 0.4) is 0 Å². The topological polar surface area (TPSA) is 91.3 Å². The lowest BCUT2D eigenvalue weighted by Gasteiger charge is -2.09. The molecule has 7 heteroatoms. The molecule has 1 aromatic rings. The quantitative estimate of drug-likeness (QED) is 0.743. The van der Waals surface area contributed by atoms with Crippen LogP contribution < -0.4 is 0 Å². The monoisotopic (exact) mass is 267 g/mol. The number of carbonyl (C=O) groups excluding carboxylic acids is 2. The van der Waals surface area contributed by atoms with E-state index in [1.54, 1.807) is 13.8 Å². The Morgan fingerprint density at radius 3 is 2.16 bits per heavy atom. The first kappa shape index (κ1) is 15.0. The van der Waals surface area contributed by atoms with Crippen molar-refractivity contribution in [2.75, 3.05) is 13.2 Å². The van der Waals surface area contributed by atoms with Crippen molar-refractivity contribution in [3.05, 3.63) is 17.2 Å². The van der Waals surface area contributed by atoms with Gasteiger partial charge in [-0.2, -0.15) is 5.10 Å². The predicted molar refractivity (Wildman–Crippen MR) is 65.8 cm³/mol. The summed E-state index contributed by atoms with van der Waals surface area (Å²) in [6.45, 7) is 7.46. The molecule has 19 heavy (non-hydrogen) atoms. The average Bonchev–Trinajstić information content (AvgIpc) is 2.38. The van der Waals surface area contributed by atoms with Crippen molar-refractivity contribution >= 4 is 11.9 Å². The standard InChI is InChI=1S/C12H17N3O4/c1-5-18-11(16)9-8(7(3)4)14-15-10(13-9)12(17)19-6-2/h7H,5-6H2,1-4H3. The van der Waals surface area contributed by atoms with E-state index >= 15 is 0 Å². The van der Waals surface area contributed by atoms with E-state index in [1.165, 1.54) is 0 Å². The second-order valence-corrected chi connectivity index (χ2v) is 3.96. The van der Waals surface area contributed by atoms with E-state index < -0.39 is 11.9 Å². The molecule has 0 saturated carbocycles. The van der Waals surface area contributed by atoms with Gasteiger partial charge >= 0.3 is 11.9 Å². The molecule has 0 bridgehead atoms. The molecular formula is C12H17N3O4. The lowest BCUT2D eigenvalue weighted by atomic mass is 10.1. The van der Waals surface area contributed by atoms with Crippen molar-refractivity contribution in [1.82, 2.24) is 15.2 Å². The summed E-state index contributed by atoms with van der Waals surface area (Å²) in [5, 5.41) is 7.55. The first-order chi connectivity index (χ1) is 9.01. The van der Waals surface area contributed by atoms with Crippen LogP contribution >= 0.6 is 0 Å². The molecule has 0 N–H and O–H groups in total. The minimum absolute atomic E-state index is 0.00917. The van der Waals surface area contributed by atoms with Gasteiger partial charge in [0.05, 0.1) is 18.9 Å².